The van der Waals surface area contributed by atoms with Crippen LogP contribution in [0.2, 0.25) is 0 Å². The number of piperidine rings is 1. The molecule has 0 aromatic carbocycles. The van der Waals surface area contributed by atoms with Crippen molar-refractivity contribution in [1.82, 2.24) is 4.90 Å². The summed E-state index contributed by atoms with van der Waals surface area (Å²) in [5.74, 6) is 3.49. The molecule has 3 fully saturated rings. The van der Waals surface area contributed by atoms with Gasteiger partial charge in [-0.05, 0) is 61.2 Å². The number of nitrogens with zero attached hydrogens (tertiary/aromatic N) is 1. The van der Waals surface area contributed by atoms with Crippen LogP contribution in [0.4, 0.5) is 0 Å². The van der Waals surface area contributed by atoms with E-state index < -0.39 is 0 Å². The maximum atomic E-state index is 12.2. The summed E-state index contributed by atoms with van der Waals surface area (Å²) in [5.41, 5.74) is 2.19. The third-order valence-electron chi connectivity index (χ3n) is 8.14. The number of fused-ring (bicyclic) bond motifs is 5. The Kier molecular flexibility index (Phi) is 3.10. The maximum Gasteiger partial charge on any atom is 0.226 e. The fraction of sp³-hybridized carbons (Fsp3) is 0.850. The summed E-state index contributed by atoms with van der Waals surface area (Å²) in [6, 6.07) is 0. The van der Waals surface area contributed by atoms with Crippen molar-refractivity contribution in [1.29, 1.82) is 0 Å². The zero-order valence-corrected chi connectivity index (χ0v) is 14.7. The molecule has 0 spiro atoms. The standard InChI is InChI=1S/C20H31NO/c1-13-12-16-20(3,11-8-17(22)21(16)4)15-7-10-19(2)9-5-6-14(19)18(13)15/h12-15,18H,5-11H2,1-4H3/t13-,14-,15-,18-,19-,20+/m0/s1. The van der Waals surface area contributed by atoms with Crippen molar-refractivity contribution in [2.24, 2.45) is 34.5 Å². The second-order valence-electron chi connectivity index (χ2n) is 9.16. The molecule has 0 bridgehead atoms. The van der Waals surface area contributed by atoms with Gasteiger partial charge in [0.05, 0.1) is 0 Å². The topological polar surface area (TPSA) is 20.3 Å². The van der Waals surface area contributed by atoms with Gasteiger partial charge in [0.1, 0.15) is 0 Å². The highest BCUT2D eigenvalue weighted by Gasteiger charge is 2.58. The average molecular weight is 301 g/mol. The van der Waals surface area contributed by atoms with Crippen molar-refractivity contribution < 1.29 is 4.79 Å². The van der Waals surface area contributed by atoms with E-state index >= 15 is 0 Å². The molecule has 2 nitrogen and oxygen atoms in total. The largest absolute Gasteiger partial charge is 0.319 e. The maximum absolute atomic E-state index is 12.2. The van der Waals surface area contributed by atoms with E-state index in [2.05, 4.69) is 26.8 Å². The van der Waals surface area contributed by atoms with Crippen molar-refractivity contribution in [3.8, 4) is 0 Å². The lowest BCUT2D eigenvalue weighted by Crippen LogP contribution is -2.54. The molecule has 122 valence electrons. The van der Waals surface area contributed by atoms with Gasteiger partial charge < -0.3 is 4.90 Å². The quantitative estimate of drug-likeness (QED) is 0.640. The second-order valence-corrected chi connectivity index (χ2v) is 9.16. The molecule has 0 radical (unpaired) electrons. The van der Waals surface area contributed by atoms with Crippen molar-refractivity contribution >= 4 is 5.91 Å². The first kappa shape index (κ1) is 14.8. The number of carbonyl (C=O) groups is 1. The van der Waals surface area contributed by atoms with Gasteiger partial charge >= 0.3 is 0 Å². The van der Waals surface area contributed by atoms with Gasteiger partial charge in [0, 0.05) is 24.6 Å². The molecule has 0 unspecified atom stereocenters. The van der Waals surface area contributed by atoms with Crippen LogP contribution in [0.15, 0.2) is 11.8 Å². The molecule has 1 amide bonds. The van der Waals surface area contributed by atoms with E-state index in [4.69, 9.17) is 0 Å². The zero-order valence-electron chi connectivity index (χ0n) is 14.7. The van der Waals surface area contributed by atoms with Crippen LogP contribution in [-0.2, 0) is 4.79 Å². The Hall–Kier alpha value is -0.790. The molecule has 4 rings (SSSR count). The van der Waals surface area contributed by atoms with Crippen molar-refractivity contribution in [3.05, 3.63) is 11.8 Å². The normalized spacial score (nSPS) is 51.0. The summed E-state index contributed by atoms with van der Waals surface area (Å²) >= 11 is 0. The highest BCUT2D eigenvalue weighted by molar-refractivity contribution is 5.79. The van der Waals surface area contributed by atoms with Crippen molar-refractivity contribution in [2.45, 2.75) is 65.7 Å². The Labute approximate surface area is 135 Å². The smallest absolute Gasteiger partial charge is 0.226 e. The van der Waals surface area contributed by atoms with E-state index in [-0.39, 0.29) is 5.41 Å². The predicted molar refractivity (Wildman–Crippen MR) is 89.0 cm³/mol. The van der Waals surface area contributed by atoms with E-state index in [9.17, 15) is 4.79 Å². The minimum atomic E-state index is 0.240. The monoisotopic (exact) mass is 301 g/mol. The van der Waals surface area contributed by atoms with Gasteiger partial charge in [0.2, 0.25) is 5.91 Å². The summed E-state index contributed by atoms with van der Waals surface area (Å²) < 4.78 is 0. The minimum Gasteiger partial charge on any atom is -0.319 e. The van der Waals surface area contributed by atoms with Crippen molar-refractivity contribution in [3.63, 3.8) is 0 Å². The molecule has 1 saturated heterocycles. The van der Waals surface area contributed by atoms with Crippen LogP contribution in [0.25, 0.3) is 0 Å². The Balaban J connectivity index is 1.77. The number of carbonyl (C=O) groups excluding carboxylic acids is 1. The van der Waals surface area contributed by atoms with Gasteiger partial charge in [0.25, 0.3) is 0 Å². The third kappa shape index (κ3) is 1.76. The van der Waals surface area contributed by atoms with Gasteiger partial charge in [-0.15, -0.1) is 0 Å². The lowest BCUT2D eigenvalue weighted by atomic mass is 9.48. The van der Waals surface area contributed by atoms with Crippen LogP contribution in [0.1, 0.15) is 65.7 Å². The first-order chi connectivity index (χ1) is 10.4. The third-order valence-corrected chi connectivity index (χ3v) is 8.14. The predicted octanol–water partition coefficient (Wildman–Crippen LogP) is 4.61. The Morgan fingerprint density at radius 2 is 1.91 bits per heavy atom. The fourth-order valence-corrected chi connectivity index (χ4v) is 6.88. The highest BCUT2D eigenvalue weighted by Crippen LogP contribution is 2.65. The molecular weight excluding hydrogens is 270 g/mol. The molecule has 0 N–H and O–H groups in total. The molecule has 22 heavy (non-hydrogen) atoms. The molecule has 1 heterocycles. The van der Waals surface area contributed by atoms with Crippen LogP contribution in [0, 0.1) is 34.5 Å². The Morgan fingerprint density at radius 3 is 2.68 bits per heavy atom. The lowest BCUT2D eigenvalue weighted by molar-refractivity contribution is -0.136. The highest BCUT2D eigenvalue weighted by atomic mass is 16.2. The van der Waals surface area contributed by atoms with Crippen LogP contribution in [0.5, 0.6) is 0 Å². The van der Waals surface area contributed by atoms with Crippen LogP contribution >= 0.6 is 0 Å². The summed E-state index contributed by atoms with van der Waals surface area (Å²) in [4.78, 5) is 14.2. The van der Waals surface area contributed by atoms with Crippen LogP contribution in [-0.4, -0.2) is 17.9 Å². The molecule has 1 aliphatic heterocycles. The Morgan fingerprint density at radius 1 is 1.14 bits per heavy atom. The van der Waals surface area contributed by atoms with Gasteiger partial charge in [-0.2, -0.15) is 0 Å². The molecule has 4 aliphatic rings. The number of amides is 1. The first-order valence-electron chi connectivity index (χ1n) is 9.36. The molecule has 0 aromatic heterocycles. The van der Waals surface area contributed by atoms with E-state index in [0.29, 0.717) is 17.2 Å². The number of allylic oxidation sites excluding steroid dienone is 2. The van der Waals surface area contributed by atoms with Gasteiger partial charge in [-0.1, -0.05) is 33.3 Å². The van der Waals surface area contributed by atoms with Gasteiger partial charge in [-0.3, -0.25) is 4.79 Å². The summed E-state index contributed by atoms with van der Waals surface area (Å²) in [5, 5.41) is 0. The van der Waals surface area contributed by atoms with Gasteiger partial charge in [-0.25, -0.2) is 0 Å². The SMILES string of the molecule is C[C@H]1C=C2N(C)C(=O)CC[C@]2(C)[C@H]2CC[C@]3(C)CCC[C@H]3[C@H]12. The number of rotatable bonds is 0. The molecule has 2 heteroatoms. The number of likely N-dealkylation sites (tertiary alicyclic amines) is 1. The molecule has 6 atom stereocenters. The number of hydrogen-bond acceptors (Lipinski definition) is 1. The zero-order chi connectivity index (χ0) is 15.7. The second kappa shape index (κ2) is 4.61. The minimum absolute atomic E-state index is 0.240. The van der Waals surface area contributed by atoms with E-state index in [1.807, 2.05) is 11.9 Å². The van der Waals surface area contributed by atoms with E-state index in [1.165, 1.54) is 37.8 Å². The average Bonchev–Trinajstić information content (AvgIpc) is 2.87. The van der Waals surface area contributed by atoms with Gasteiger partial charge in [0.15, 0.2) is 0 Å². The fourth-order valence-electron chi connectivity index (χ4n) is 6.88. The van der Waals surface area contributed by atoms with E-state index in [1.54, 1.807) is 0 Å². The molecule has 0 aromatic rings. The van der Waals surface area contributed by atoms with Crippen molar-refractivity contribution in [2.75, 3.05) is 7.05 Å². The molecule has 2 saturated carbocycles. The number of hydrogen-bond donors (Lipinski definition) is 0. The van der Waals surface area contributed by atoms with Crippen LogP contribution < -0.4 is 0 Å². The first-order valence-corrected chi connectivity index (χ1v) is 9.36. The molecule has 3 aliphatic carbocycles. The lowest BCUT2D eigenvalue weighted by Gasteiger charge is -2.59. The van der Waals surface area contributed by atoms with Crippen LogP contribution in [0.3, 0.4) is 0 Å². The summed E-state index contributed by atoms with van der Waals surface area (Å²) in [6.45, 7) is 7.44. The summed E-state index contributed by atoms with van der Waals surface area (Å²) in [7, 11) is 2.00. The molecular formula is C20H31NO. The summed E-state index contributed by atoms with van der Waals surface area (Å²) in [6.07, 6.45) is 11.4. The Bertz CT molecular complexity index is 538. The van der Waals surface area contributed by atoms with E-state index in [0.717, 1.165) is 30.6 Å².